The molecule has 0 unspecified atom stereocenters. The van der Waals surface area contributed by atoms with Crippen molar-refractivity contribution >= 4 is 21.6 Å². The van der Waals surface area contributed by atoms with Crippen LogP contribution in [0.4, 0.5) is 5.69 Å². The van der Waals surface area contributed by atoms with Gasteiger partial charge in [0.2, 0.25) is 10.0 Å². The largest absolute Gasteiger partial charge is 0.491 e. The Morgan fingerprint density at radius 2 is 1.67 bits per heavy atom. The van der Waals surface area contributed by atoms with E-state index in [-0.39, 0.29) is 24.3 Å². The highest BCUT2D eigenvalue weighted by Gasteiger charge is 2.19. The predicted molar refractivity (Wildman–Crippen MR) is 108 cm³/mol. The molecule has 1 amide bonds. The molecule has 0 saturated heterocycles. The average Bonchev–Trinajstić information content (AvgIpc) is 2.61. The minimum absolute atomic E-state index is 0.0356. The van der Waals surface area contributed by atoms with E-state index in [2.05, 4.69) is 5.32 Å². The van der Waals surface area contributed by atoms with E-state index >= 15 is 0 Å². The van der Waals surface area contributed by atoms with Gasteiger partial charge in [0.15, 0.2) is 0 Å². The standard InChI is InChI=1S/C20H26N2O4S/c1-15(2)26-19-11-9-18(10-12-19)22(4)27(24,25)14-13-21-20(23)17-7-5-16(3)6-8-17/h5-12,15H,13-14H2,1-4H3,(H,21,23). The third-order valence-electron chi connectivity index (χ3n) is 3.95. The van der Waals surface area contributed by atoms with Gasteiger partial charge in [-0.2, -0.15) is 0 Å². The highest BCUT2D eigenvalue weighted by atomic mass is 32.2. The Morgan fingerprint density at radius 1 is 1.07 bits per heavy atom. The Hall–Kier alpha value is -2.54. The lowest BCUT2D eigenvalue weighted by Gasteiger charge is -2.20. The number of ether oxygens (including phenoxy) is 1. The van der Waals surface area contributed by atoms with E-state index in [4.69, 9.17) is 4.74 Å². The Morgan fingerprint density at radius 3 is 2.22 bits per heavy atom. The van der Waals surface area contributed by atoms with Gasteiger partial charge in [0, 0.05) is 19.2 Å². The summed E-state index contributed by atoms with van der Waals surface area (Å²) in [6.07, 6.45) is 0.0504. The molecule has 2 aromatic rings. The summed E-state index contributed by atoms with van der Waals surface area (Å²) in [7, 11) is -2.06. The van der Waals surface area contributed by atoms with Crippen LogP contribution in [-0.4, -0.2) is 39.8 Å². The number of benzene rings is 2. The van der Waals surface area contributed by atoms with Gasteiger partial charge in [0.05, 0.1) is 17.5 Å². The Kier molecular flexibility index (Phi) is 6.85. The van der Waals surface area contributed by atoms with Gasteiger partial charge in [0.1, 0.15) is 5.75 Å². The van der Waals surface area contributed by atoms with Crippen LogP contribution in [0.5, 0.6) is 5.75 Å². The van der Waals surface area contributed by atoms with Crippen molar-refractivity contribution in [2.45, 2.75) is 26.9 Å². The monoisotopic (exact) mass is 390 g/mol. The normalized spacial score (nSPS) is 11.3. The molecule has 27 heavy (non-hydrogen) atoms. The molecule has 1 N–H and O–H groups in total. The Labute approximate surface area is 161 Å². The highest BCUT2D eigenvalue weighted by Crippen LogP contribution is 2.21. The van der Waals surface area contributed by atoms with Gasteiger partial charge in [-0.3, -0.25) is 9.10 Å². The molecule has 0 saturated carbocycles. The molecule has 0 aliphatic rings. The molecule has 2 aromatic carbocycles. The molecule has 0 radical (unpaired) electrons. The van der Waals surface area contributed by atoms with Crippen molar-refractivity contribution in [3.05, 3.63) is 59.7 Å². The van der Waals surface area contributed by atoms with E-state index in [0.717, 1.165) is 5.56 Å². The van der Waals surface area contributed by atoms with Crippen molar-refractivity contribution in [3.63, 3.8) is 0 Å². The first-order valence-electron chi connectivity index (χ1n) is 8.77. The number of rotatable bonds is 8. The van der Waals surface area contributed by atoms with E-state index in [1.54, 1.807) is 36.4 Å². The molecule has 7 heteroatoms. The second kappa shape index (κ2) is 8.90. The first kappa shape index (κ1) is 20.8. The van der Waals surface area contributed by atoms with E-state index in [1.807, 2.05) is 32.9 Å². The smallest absolute Gasteiger partial charge is 0.251 e. The van der Waals surface area contributed by atoms with Crippen molar-refractivity contribution < 1.29 is 17.9 Å². The van der Waals surface area contributed by atoms with Crippen LogP contribution in [0.2, 0.25) is 0 Å². The summed E-state index contributed by atoms with van der Waals surface area (Å²) < 4.78 is 31.8. The van der Waals surface area contributed by atoms with Gasteiger partial charge in [-0.25, -0.2) is 8.42 Å². The molecule has 0 aliphatic carbocycles. The molecular formula is C20H26N2O4S. The lowest BCUT2D eigenvalue weighted by molar-refractivity contribution is 0.0956. The molecule has 146 valence electrons. The molecular weight excluding hydrogens is 364 g/mol. The van der Waals surface area contributed by atoms with Gasteiger partial charge in [-0.15, -0.1) is 0 Å². The third-order valence-corrected chi connectivity index (χ3v) is 5.71. The van der Waals surface area contributed by atoms with Crippen LogP contribution in [0, 0.1) is 6.92 Å². The maximum Gasteiger partial charge on any atom is 0.251 e. The van der Waals surface area contributed by atoms with Crippen molar-refractivity contribution in [1.29, 1.82) is 0 Å². The molecule has 0 heterocycles. The molecule has 0 spiro atoms. The number of hydrogen-bond acceptors (Lipinski definition) is 4. The third kappa shape index (κ3) is 5.99. The average molecular weight is 391 g/mol. The maximum atomic E-state index is 12.5. The molecule has 0 aliphatic heterocycles. The fourth-order valence-electron chi connectivity index (χ4n) is 2.40. The number of carbonyl (C=O) groups excluding carboxylic acids is 1. The summed E-state index contributed by atoms with van der Waals surface area (Å²) >= 11 is 0. The zero-order chi connectivity index (χ0) is 20.0. The fraction of sp³-hybridized carbons (Fsp3) is 0.350. The topological polar surface area (TPSA) is 75.7 Å². The molecule has 0 aromatic heterocycles. The minimum Gasteiger partial charge on any atom is -0.491 e. The van der Waals surface area contributed by atoms with Crippen molar-refractivity contribution in [1.82, 2.24) is 5.32 Å². The number of sulfonamides is 1. The summed E-state index contributed by atoms with van der Waals surface area (Å²) in [5.41, 5.74) is 2.10. The summed E-state index contributed by atoms with van der Waals surface area (Å²) in [6, 6.07) is 14.0. The first-order chi connectivity index (χ1) is 12.7. The highest BCUT2D eigenvalue weighted by molar-refractivity contribution is 7.92. The summed E-state index contributed by atoms with van der Waals surface area (Å²) in [6.45, 7) is 5.82. The zero-order valence-electron chi connectivity index (χ0n) is 16.1. The van der Waals surface area contributed by atoms with Gasteiger partial charge in [0.25, 0.3) is 5.91 Å². The van der Waals surface area contributed by atoms with E-state index in [0.29, 0.717) is 17.0 Å². The molecule has 0 fully saturated rings. The Bertz CT molecular complexity index is 860. The van der Waals surface area contributed by atoms with Crippen LogP contribution in [-0.2, 0) is 10.0 Å². The fourth-order valence-corrected chi connectivity index (χ4v) is 3.48. The second-order valence-electron chi connectivity index (χ2n) is 6.57. The van der Waals surface area contributed by atoms with E-state index in [9.17, 15) is 13.2 Å². The number of aryl methyl sites for hydroxylation is 1. The lowest BCUT2D eigenvalue weighted by Crippen LogP contribution is -2.35. The number of nitrogens with zero attached hydrogens (tertiary/aromatic N) is 1. The van der Waals surface area contributed by atoms with E-state index < -0.39 is 10.0 Å². The number of anilines is 1. The zero-order valence-corrected chi connectivity index (χ0v) is 16.9. The van der Waals surface area contributed by atoms with Crippen molar-refractivity contribution in [2.75, 3.05) is 23.7 Å². The van der Waals surface area contributed by atoms with Gasteiger partial charge in [-0.05, 0) is 57.2 Å². The van der Waals surface area contributed by atoms with Crippen LogP contribution in [0.25, 0.3) is 0 Å². The number of amides is 1. The molecule has 2 rings (SSSR count). The quantitative estimate of drug-likeness (QED) is 0.752. The van der Waals surface area contributed by atoms with Crippen LogP contribution < -0.4 is 14.4 Å². The molecule has 0 bridgehead atoms. The minimum atomic E-state index is -3.56. The SMILES string of the molecule is Cc1ccc(C(=O)NCCS(=O)(=O)N(C)c2ccc(OC(C)C)cc2)cc1. The predicted octanol–water partition coefficient (Wildman–Crippen LogP) is 2.98. The first-order valence-corrected chi connectivity index (χ1v) is 10.4. The van der Waals surface area contributed by atoms with Gasteiger partial charge in [-0.1, -0.05) is 17.7 Å². The van der Waals surface area contributed by atoms with Crippen molar-refractivity contribution in [3.8, 4) is 5.75 Å². The number of nitrogens with one attached hydrogen (secondary N) is 1. The lowest BCUT2D eigenvalue weighted by atomic mass is 10.1. The van der Waals surface area contributed by atoms with Crippen molar-refractivity contribution in [2.24, 2.45) is 0 Å². The van der Waals surface area contributed by atoms with E-state index in [1.165, 1.54) is 11.4 Å². The molecule has 6 nitrogen and oxygen atoms in total. The van der Waals surface area contributed by atoms with Crippen LogP contribution in [0.1, 0.15) is 29.8 Å². The summed E-state index contributed by atoms with van der Waals surface area (Å²) in [4.78, 5) is 12.1. The van der Waals surface area contributed by atoms with Crippen LogP contribution in [0.3, 0.4) is 0 Å². The van der Waals surface area contributed by atoms with Gasteiger partial charge < -0.3 is 10.1 Å². The second-order valence-corrected chi connectivity index (χ2v) is 8.69. The summed E-state index contributed by atoms with van der Waals surface area (Å²) in [5, 5.41) is 2.65. The van der Waals surface area contributed by atoms with Crippen LogP contribution >= 0.6 is 0 Å². The number of hydrogen-bond donors (Lipinski definition) is 1. The summed E-state index contributed by atoms with van der Waals surface area (Å²) in [5.74, 6) is 0.207. The Balaban J connectivity index is 1.93. The number of carbonyl (C=O) groups is 1. The van der Waals surface area contributed by atoms with Crippen LogP contribution in [0.15, 0.2) is 48.5 Å². The van der Waals surface area contributed by atoms with Gasteiger partial charge >= 0.3 is 0 Å². The molecule has 0 atom stereocenters. The maximum absolute atomic E-state index is 12.5.